The lowest BCUT2D eigenvalue weighted by atomic mass is 9.97. The molecule has 0 amide bonds. The zero-order valence-corrected chi connectivity index (χ0v) is 11.9. The molecule has 21 heavy (non-hydrogen) atoms. The third kappa shape index (κ3) is 3.27. The molecule has 0 aliphatic heterocycles. The van der Waals surface area contributed by atoms with Crippen molar-refractivity contribution in [2.24, 2.45) is 5.84 Å². The molecule has 0 spiro atoms. The summed E-state index contributed by atoms with van der Waals surface area (Å²) in [5, 5.41) is 2.50. The first kappa shape index (κ1) is 13.7. The Bertz CT molecular complexity index is 710. The van der Waals surface area contributed by atoms with Crippen LogP contribution in [0.15, 0.2) is 67.0 Å². The van der Waals surface area contributed by atoms with Gasteiger partial charge in [0.2, 0.25) is 0 Å². The minimum absolute atomic E-state index is 0.148. The zero-order valence-electron chi connectivity index (χ0n) is 11.9. The molecule has 3 aromatic rings. The second kappa shape index (κ2) is 6.48. The van der Waals surface area contributed by atoms with E-state index in [1.807, 2.05) is 12.3 Å². The number of rotatable bonds is 5. The van der Waals surface area contributed by atoms with Gasteiger partial charge in [0, 0.05) is 18.4 Å². The molecule has 1 aromatic heterocycles. The molecule has 0 saturated carbocycles. The van der Waals surface area contributed by atoms with Crippen molar-refractivity contribution in [3.63, 3.8) is 0 Å². The smallest absolute Gasteiger partial charge is 0.0463 e. The summed E-state index contributed by atoms with van der Waals surface area (Å²) >= 11 is 0. The normalized spacial score (nSPS) is 12.4. The number of nitrogens with two attached hydrogens (primary N) is 1. The number of aromatic nitrogens is 1. The maximum absolute atomic E-state index is 5.75. The number of hydrazine groups is 1. The van der Waals surface area contributed by atoms with Gasteiger partial charge in [-0.1, -0.05) is 42.5 Å². The first-order valence-electron chi connectivity index (χ1n) is 7.20. The van der Waals surface area contributed by atoms with E-state index < -0.39 is 0 Å². The van der Waals surface area contributed by atoms with E-state index in [1.165, 1.54) is 21.9 Å². The Morgan fingerprint density at radius 3 is 2.62 bits per heavy atom. The molecule has 1 heterocycles. The predicted octanol–water partition coefficient (Wildman–Crippen LogP) is 3.37. The summed E-state index contributed by atoms with van der Waals surface area (Å²) < 4.78 is 0. The van der Waals surface area contributed by atoms with Gasteiger partial charge in [-0.15, -0.1) is 0 Å². The SMILES string of the molecule is NNC(CCc1cccnc1)c1ccc2ccccc2c1. The van der Waals surface area contributed by atoms with E-state index in [1.54, 1.807) is 6.20 Å². The van der Waals surface area contributed by atoms with E-state index in [0.717, 1.165) is 12.8 Å². The molecule has 106 valence electrons. The standard InChI is InChI=1S/C18H19N3/c19-21-18(10-7-14-4-3-11-20-13-14)17-9-8-15-5-1-2-6-16(15)12-17/h1-6,8-9,11-13,18,21H,7,10,19H2. The largest absolute Gasteiger partial charge is 0.271 e. The second-order valence-corrected chi connectivity index (χ2v) is 5.23. The van der Waals surface area contributed by atoms with Crippen molar-refractivity contribution in [2.45, 2.75) is 18.9 Å². The van der Waals surface area contributed by atoms with Crippen molar-refractivity contribution in [1.29, 1.82) is 0 Å². The van der Waals surface area contributed by atoms with Crippen LogP contribution in [-0.2, 0) is 6.42 Å². The molecule has 2 aromatic carbocycles. The van der Waals surface area contributed by atoms with E-state index in [4.69, 9.17) is 5.84 Å². The van der Waals surface area contributed by atoms with Crippen molar-refractivity contribution in [3.8, 4) is 0 Å². The van der Waals surface area contributed by atoms with Crippen LogP contribution in [0.5, 0.6) is 0 Å². The van der Waals surface area contributed by atoms with E-state index in [2.05, 4.69) is 58.9 Å². The number of hydrogen-bond acceptors (Lipinski definition) is 3. The van der Waals surface area contributed by atoms with Crippen LogP contribution in [-0.4, -0.2) is 4.98 Å². The van der Waals surface area contributed by atoms with Crippen molar-refractivity contribution in [1.82, 2.24) is 10.4 Å². The Morgan fingerprint density at radius 2 is 1.86 bits per heavy atom. The van der Waals surface area contributed by atoms with Gasteiger partial charge < -0.3 is 0 Å². The number of nitrogens with zero attached hydrogens (tertiary/aromatic N) is 1. The number of hydrogen-bond donors (Lipinski definition) is 2. The van der Waals surface area contributed by atoms with Crippen molar-refractivity contribution < 1.29 is 0 Å². The first-order valence-corrected chi connectivity index (χ1v) is 7.20. The van der Waals surface area contributed by atoms with Crippen LogP contribution in [0.2, 0.25) is 0 Å². The van der Waals surface area contributed by atoms with E-state index >= 15 is 0 Å². The van der Waals surface area contributed by atoms with Gasteiger partial charge in [0.1, 0.15) is 0 Å². The van der Waals surface area contributed by atoms with Crippen LogP contribution >= 0.6 is 0 Å². The Morgan fingerprint density at radius 1 is 1.00 bits per heavy atom. The van der Waals surface area contributed by atoms with Gasteiger partial charge in [0.15, 0.2) is 0 Å². The molecule has 0 fully saturated rings. The fourth-order valence-corrected chi connectivity index (χ4v) is 2.63. The monoisotopic (exact) mass is 277 g/mol. The summed E-state index contributed by atoms with van der Waals surface area (Å²) in [6.07, 6.45) is 5.61. The average Bonchev–Trinajstić information content (AvgIpc) is 2.56. The maximum Gasteiger partial charge on any atom is 0.0463 e. The van der Waals surface area contributed by atoms with Crippen LogP contribution in [0.4, 0.5) is 0 Å². The number of fused-ring (bicyclic) bond motifs is 1. The average molecular weight is 277 g/mol. The molecule has 0 aliphatic carbocycles. The molecule has 0 radical (unpaired) electrons. The molecule has 0 saturated heterocycles. The Labute approximate surface area is 124 Å². The van der Waals surface area contributed by atoms with Crippen LogP contribution in [0, 0.1) is 0 Å². The highest BCUT2D eigenvalue weighted by Gasteiger charge is 2.10. The molecule has 3 nitrogen and oxygen atoms in total. The van der Waals surface area contributed by atoms with Gasteiger partial charge in [-0.2, -0.15) is 0 Å². The number of pyridine rings is 1. The highest BCUT2D eigenvalue weighted by molar-refractivity contribution is 5.83. The lowest BCUT2D eigenvalue weighted by Crippen LogP contribution is -2.28. The van der Waals surface area contributed by atoms with Crippen molar-refractivity contribution in [3.05, 3.63) is 78.1 Å². The molecule has 1 unspecified atom stereocenters. The lowest BCUT2D eigenvalue weighted by Gasteiger charge is -2.17. The molecule has 3 N–H and O–H groups in total. The highest BCUT2D eigenvalue weighted by Crippen LogP contribution is 2.23. The van der Waals surface area contributed by atoms with Gasteiger partial charge in [-0.3, -0.25) is 16.3 Å². The van der Waals surface area contributed by atoms with Gasteiger partial charge in [0.05, 0.1) is 0 Å². The molecule has 0 bridgehead atoms. The predicted molar refractivity (Wildman–Crippen MR) is 86.6 cm³/mol. The second-order valence-electron chi connectivity index (χ2n) is 5.23. The first-order chi connectivity index (χ1) is 10.4. The Hall–Kier alpha value is -2.23. The summed E-state index contributed by atoms with van der Waals surface area (Å²) in [5.74, 6) is 5.75. The van der Waals surface area contributed by atoms with Crippen LogP contribution < -0.4 is 11.3 Å². The topological polar surface area (TPSA) is 50.9 Å². The van der Waals surface area contributed by atoms with Crippen molar-refractivity contribution in [2.75, 3.05) is 0 Å². The summed E-state index contributed by atoms with van der Waals surface area (Å²) in [6, 6.07) is 19.1. The van der Waals surface area contributed by atoms with Crippen LogP contribution in [0.1, 0.15) is 23.6 Å². The summed E-state index contributed by atoms with van der Waals surface area (Å²) in [6.45, 7) is 0. The fourth-order valence-electron chi connectivity index (χ4n) is 2.63. The third-order valence-electron chi connectivity index (χ3n) is 3.82. The Balaban J connectivity index is 1.78. The maximum atomic E-state index is 5.75. The van der Waals surface area contributed by atoms with E-state index in [9.17, 15) is 0 Å². The van der Waals surface area contributed by atoms with E-state index in [-0.39, 0.29) is 6.04 Å². The van der Waals surface area contributed by atoms with Gasteiger partial charge in [-0.25, -0.2) is 0 Å². The van der Waals surface area contributed by atoms with Gasteiger partial charge in [-0.05, 0) is 46.9 Å². The molecule has 3 rings (SSSR count). The van der Waals surface area contributed by atoms with Gasteiger partial charge >= 0.3 is 0 Å². The van der Waals surface area contributed by atoms with Gasteiger partial charge in [0.25, 0.3) is 0 Å². The molecule has 3 heteroatoms. The van der Waals surface area contributed by atoms with Crippen LogP contribution in [0.3, 0.4) is 0 Å². The quantitative estimate of drug-likeness (QED) is 0.555. The summed E-state index contributed by atoms with van der Waals surface area (Å²) in [5.41, 5.74) is 5.39. The van der Waals surface area contributed by atoms with Crippen molar-refractivity contribution >= 4 is 10.8 Å². The van der Waals surface area contributed by atoms with E-state index in [0.29, 0.717) is 0 Å². The minimum atomic E-state index is 0.148. The molecular formula is C18H19N3. The third-order valence-corrected chi connectivity index (χ3v) is 3.82. The number of aryl methyl sites for hydroxylation is 1. The fraction of sp³-hybridized carbons (Fsp3) is 0.167. The number of nitrogens with one attached hydrogen (secondary N) is 1. The minimum Gasteiger partial charge on any atom is -0.271 e. The molecule has 1 atom stereocenters. The molecular weight excluding hydrogens is 258 g/mol. The Kier molecular flexibility index (Phi) is 4.24. The number of benzene rings is 2. The molecule has 0 aliphatic rings. The summed E-state index contributed by atoms with van der Waals surface area (Å²) in [4.78, 5) is 4.15. The van der Waals surface area contributed by atoms with Crippen LogP contribution in [0.25, 0.3) is 10.8 Å². The highest BCUT2D eigenvalue weighted by atomic mass is 15.2. The summed E-state index contributed by atoms with van der Waals surface area (Å²) in [7, 11) is 0. The zero-order chi connectivity index (χ0) is 14.5. The lowest BCUT2D eigenvalue weighted by molar-refractivity contribution is 0.516.